The summed E-state index contributed by atoms with van der Waals surface area (Å²) in [5.41, 5.74) is 2.35. The number of carbonyl (C=O) groups is 1. The molecule has 1 aliphatic carbocycles. The van der Waals surface area contributed by atoms with Crippen LogP contribution in [0.15, 0.2) is 23.4 Å². The molecule has 0 spiro atoms. The predicted molar refractivity (Wildman–Crippen MR) is 121 cm³/mol. The van der Waals surface area contributed by atoms with Crippen LogP contribution in [0.25, 0.3) is 0 Å². The van der Waals surface area contributed by atoms with Gasteiger partial charge in [-0.25, -0.2) is 0 Å². The zero-order valence-electron chi connectivity index (χ0n) is 18.8. The highest BCUT2D eigenvalue weighted by Gasteiger charge is 2.23. The number of aromatic nitrogens is 3. The first kappa shape index (κ1) is 22.7. The Bertz CT molecular complexity index is 865. The van der Waals surface area contributed by atoms with Gasteiger partial charge in [-0.2, -0.15) is 0 Å². The number of benzene rings is 1. The van der Waals surface area contributed by atoms with E-state index in [1.807, 2.05) is 11.6 Å². The minimum Gasteiger partial charge on any atom is -0.485 e. The molecule has 1 aromatic carbocycles. The molecule has 0 unspecified atom stereocenters. The Kier molecular flexibility index (Phi) is 7.81. The van der Waals surface area contributed by atoms with Crippen molar-refractivity contribution in [2.45, 2.75) is 77.1 Å². The lowest BCUT2D eigenvalue weighted by atomic mass is 9.86. The van der Waals surface area contributed by atoms with Crippen LogP contribution >= 0.6 is 11.8 Å². The zero-order valence-corrected chi connectivity index (χ0v) is 19.6. The van der Waals surface area contributed by atoms with Crippen LogP contribution in [0.4, 0.5) is 0 Å². The number of thioether (sulfide) groups is 1. The summed E-state index contributed by atoms with van der Waals surface area (Å²) >= 11 is 1.42. The average Bonchev–Trinajstić information content (AvgIpc) is 3.06. The van der Waals surface area contributed by atoms with Gasteiger partial charge in [0.05, 0.1) is 5.75 Å². The molecule has 1 amide bonds. The summed E-state index contributed by atoms with van der Waals surface area (Å²) in [6, 6.07) is 6.61. The molecule has 164 valence electrons. The molecule has 1 saturated carbocycles. The highest BCUT2D eigenvalue weighted by Crippen LogP contribution is 2.28. The minimum atomic E-state index is 0.0703. The Hall–Kier alpha value is -2.02. The van der Waals surface area contributed by atoms with Gasteiger partial charge in [0.1, 0.15) is 12.4 Å². The lowest BCUT2D eigenvalue weighted by Gasteiger charge is -2.29. The number of carbonyl (C=O) groups excluding carboxylic acids is 1. The van der Waals surface area contributed by atoms with E-state index in [1.165, 1.54) is 42.2 Å². The number of amides is 1. The topological polar surface area (TPSA) is 69.0 Å². The molecule has 3 rings (SSSR count). The van der Waals surface area contributed by atoms with Gasteiger partial charge in [-0.3, -0.25) is 4.79 Å². The van der Waals surface area contributed by atoms with Crippen molar-refractivity contribution >= 4 is 17.7 Å². The number of hydrogen-bond acceptors (Lipinski definition) is 5. The lowest BCUT2D eigenvalue weighted by molar-refractivity contribution is -0.119. The molecule has 6 nitrogen and oxygen atoms in total. The van der Waals surface area contributed by atoms with Crippen LogP contribution in [-0.4, -0.2) is 32.5 Å². The summed E-state index contributed by atoms with van der Waals surface area (Å²) in [4.78, 5) is 12.4. The maximum atomic E-state index is 12.4. The molecule has 1 N–H and O–H groups in total. The fourth-order valence-electron chi connectivity index (χ4n) is 3.89. The molecule has 2 atom stereocenters. The van der Waals surface area contributed by atoms with Gasteiger partial charge in [-0.15, -0.1) is 10.2 Å². The average molecular weight is 431 g/mol. The number of rotatable bonds is 8. The van der Waals surface area contributed by atoms with Gasteiger partial charge in [-0.1, -0.05) is 57.5 Å². The summed E-state index contributed by atoms with van der Waals surface area (Å²) < 4.78 is 7.99. The highest BCUT2D eigenvalue weighted by atomic mass is 32.2. The molecule has 2 aromatic rings. The number of aryl methyl sites for hydroxylation is 1. The van der Waals surface area contributed by atoms with Crippen molar-refractivity contribution in [1.29, 1.82) is 0 Å². The standard InChI is InChI=1S/C23H34N4O2S/c1-15(2)18-11-10-16(3)12-20(18)29-13-21-25-26-23(27(21)5)30-14-22(28)24-19-9-7-6-8-17(19)4/h10-12,15,17,19H,6-9,13-14H2,1-5H3,(H,24,28)/t17-,19-/m0/s1. The predicted octanol–water partition coefficient (Wildman–Crippen LogP) is 4.61. The molecule has 0 bridgehead atoms. The smallest absolute Gasteiger partial charge is 0.230 e. The fraction of sp³-hybridized carbons (Fsp3) is 0.609. The third kappa shape index (κ3) is 5.78. The first-order valence-electron chi connectivity index (χ1n) is 10.9. The molecule has 1 fully saturated rings. The van der Waals surface area contributed by atoms with E-state index in [0.717, 1.165) is 23.2 Å². The maximum Gasteiger partial charge on any atom is 0.230 e. The summed E-state index contributed by atoms with van der Waals surface area (Å²) in [7, 11) is 1.92. The summed E-state index contributed by atoms with van der Waals surface area (Å²) in [5, 5.41) is 12.4. The number of nitrogens with one attached hydrogen (secondary N) is 1. The molecule has 0 saturated heterocycles. The van der Waals surface area contributed by atoms with Gasteiger partial charge >= 0.3 is 0 Å². The normalized spacial score (nSPS) is 19.1. The Labute approximate surface area is 184 Å². The second-order valence-corrected chi connectivity index (χ2v) is 9.61. The quantitative estimate of drug-likeness (QED) is 0.619. The van der Waals surface area contributed by atoms with Crippen molar-refractivity contribution in [1.82, 2.24) is 20.1 Å². The second kappa shape index (κ2) is 10.3. The molecule has 0 aliphatic heterocycles. The van der Waals surface area contributed by atoms with Crippen LogP contribution in [-0.2, 0) is 18.4 Å². The van der Waals surface area contributed by atoms with E-state index in [1.54, 1.807) is 0 Å². The Morgan fingerprint density at radius 3 is 2.80 bits per heavy atom. The number of nitrogens with zero attached hydrogens (tertiary/aromatic N) is 3. The monoisotopic (exact) mass is 430 g/mol. The largest absolute Gasteiger partial charge is 0.485 e. The third-order valence-corrected chi connectivity index (χ3v) is 6.88. The van der Waals surface area contributed by atoms with E-state index in [0.29, 0.717) is 30.2 Å². The molecule has 1 heterocycles. The van der Waals surface area contributed by atoms with Crippen LogP contribution in [0.5, 0.6) is 5.75 Å². The summed E-state index contributed by atoms with van der Waals surface area (Å²) in [5.74, 6) is 3.00. The van der Waals surface area contributed by atoms with Crippen molar-refractivity contribution in [2.75, 3.05) is 5.75 Å². The van der Waals surface area contributed by atoms with E-state index in [4.69, 9.17) is 4.74 Å². The van der Waals surface area contributed by atoms with Gasteiger partial charge in [-0.05, 0) is 48.8 Å². The van der Waals surface area contributed by atoms with E-state index in [2.05, 4.69) is 61.4 Å². The third-order valence-electron chi connectivity index (χ3n) is 5.86. The molecule has 7 heteroatoms. The van der Waals surface area contributed by atoms with Crippen LogP contribution in [0, 0.1) is 12.8 Å². The molecule has 30 heavy (non-hydrogen) atoms. The van der Waals surface area contributed by atoms with Gasteiger partial charge in [0, 0.05) is 13.1 Å². The van der Waals surface area contributed by atoms with E-state index in [-0.39, 0.29) is 5.91 Å². The fourth-order valence-corrected chi connectivity index (χ4v) is 4.63. The first-order chi connectivity index (χ1) is 14.3. The molecule has 1 aliphatic rings. The summed E-state index contributed by atoms with van der Waals surface area (Å²) in [6.45, 7) is 8.96. The zero-order chi connectivity index (χ0) is 21.7. The van der Waals surface area contributed by atoms with Crippen molar-refractivity contribution in [3.63, 3.8) is 0 Å². The van der Waals surface area contributed by atoms with Crippen LogP contribution in [0.3, 0.4) is 0 Å². The van der Waals surface area contributed by atoms with Crippen molar-refractivity contribution in [3.05, 3.63) is 35.2 Å². The van der Waals surface area contributed by atoms with Crippen LogP contribution in [0.2, 0.25) is 0 Å². The molecule has 1 aromatic heterocycles. The SMILES string of the molecule is Cc1ccc(C(C)C)c(OCc2nnc(SCC(=O)N[C@H]3CCCC[C@@H]3C)n2C)c1. The Balaban J connectivity index is 1.55. The van der Waals surface area contributed by atoms with E-state index < -0.39 is 0 Å². The number of hydrogen-bond donors (Lipinski definition) is 1. The Morgan fingerprint density at radius 2 is 2.07 bits per heavy atom. The minimum absolute atomic E-state index is 0.0703. The first-order valence-corrected chi connectivity index (χ1v) is 11.9. The van der Waals surface area contributed by atoms with Gasteiger partial charge in [0.15, 0.2) is 11.0 Å². The van der Waals surface area contributed by atoms with Crippen LogP contribution < -0.4 is 10.1 Å². The second-order valence-electron chi connectivity index (χ2n) is 8.67. The van der Waals surface area contributed by atoms with Gasteiger partial charge < -0.3 is 14.6 Å². The molecular weight excluding hydrogens is 396 g/mol. The molecule has 0 radical (unpaired) electrons. The number of ether oxygens (including phenoxy) is 1. The van der Waals surface area contributed by atoms with Crippen molar-refractivity contribution < 1.29 is 9.53 Å². The van der Waals surface area contributed by atoms with E-state index in [9.17, 15) is 4.79 Å². The maximum absolute atomic E-state index is 12.4. The lowest BCUT2D eigenvalue weighted by Crippen LogP contribution is -2.41. The van der Waals surface area contributed by atoms with Gasteiger partial charge in [0.2, 0.25) is 5.91 Å². The van der Waals surface area contributed by atoms with Crippen LogP contribution in [0.1, 0.15) is 69.3 Å². The molecular formula is C23H34N4O2S. The Morgan fingerprint density at radius 1 is 1.30 bits per heavy atom. The van der Waals surface area contributed by atoms with Crippen molar-refractivity contribution in [2.24, 2.45) is 13.0 Å². The van der Waals surface area contributed by atoms with E-state index >= 15 is 0 Å². The van der Waals surface area contributed by atoms with Crippen molar-refractivity contribution in [3.8, 4) is 5.75 Å². The summed E-state index contributed by atoms with van der Waals surface area (Å²) in [6.07, 6.45) is 4.76. The van der Waals surface area contributed by atoms with Gasteiger partial charge in [0.25, 0.3) is 0 Å². The highest BCUT2D eigenvalue weighted by molar-refractivity contribution is 7.99.